The number of carbonyl (C=O) groups is 1. The fraction of sp³-hybridized carbons (Fsp3) is 0.667. The lowest BCUT2D eigenvalue weighted by molar-refractivity contribution is -0.129. The van der Waals surface area contributed by atoms with Crippen LogP contribution in [0.2, 0.25) is 0 Å². The highest BCUT2D eigenvalue weighted by Gasteiger charge is 2.55. The molecule has 1 aliphatic heterocycles. The largest absolute Gasteiger partial charge is 0.449 e. The molecule has 1 heterocycles. The number of ketones is 1. The third-order valence-electron chi connectivity index (χ3n) is 7.24. The van der Waals surface area contributed by atoms with Gasteiger partial charge in [0.1, 0.15) is 5.78 Å². The van der Waals surface area contributed by atoms with Gasteiger partial charge in [0.15, 0.2) is 11.5 Å². The van der Waals surface area contributed by atoms with E-state index in [1.807, 2.05) is 13.8 Å². The number of ether oxygens (including phenoxy) is 2. The standard InChI is InChI=1S/C21H26O3/c1-20(2)23-17-8-6-12-13-10-11-21(3)16(7-9-18(21)22)14(13)4-5-15(12)19(17)24-20/h6,8,13-14,16H,4-5,7,9-11H2,1-3H3/t13?,14?,16?,21-/m0/s1. The van der Waals surface area contributed by atoms with Gasteiger partial charge in [-0.1, -0.05) is 13.0 Å². The van der Waals surface area contributed by atoms with Gasteiger partial charge in [-0.25, -0.2) is 0 Å². The van der Waals surface area contributed by atoms with Gasteiger partial charge in [-0.05, 0) is 61.5 Å². The molecule has 0 bridgehead atoms. The zero-order valence-corrected chi connectivity index (χ0v) is 14.9. The van der Waals surface area contributed by atoms with Crippen LogP contribution >= 0.6 is 0 Å². The van der Waals surface area contributed by atoms with E-state index in [9.17, 15) is 4.79 Å². The second-order valence-electron chi connectivity index (χ2n) is 8.90. The minimum atomic E-state index is -0.558. The Bertz CT molecular complexity index is 735. The van der Waals surface area contributed by atoms with Gasteiger partial charge in [0, 0.05) is 31.2 Å². The van der Waals surface area contributed by atoms with Crippen LogP contribution in [0.1, 0.15) is 69.9 Å². The highest BCUT2D eigenvalue weighted by atomic mass is 16.7. The average Bonchev–Trinajstić information content (AvgIpc) is 3.02. The molecule has 128 valence electrons. The number of hydrogen-bond donors (Lipinski definition) is 0. The average molecular weight is 326 g/mol. The molecule has 3 heteroatoms. The minimum Gasteiger partial charge on any atom is -0.449 e. The molecule has 0 spiro atoms. The normalized spacial score (nSPS) is 38.5. The lowest BCUT2D eigenvalue weighted by Gasteiger charge is -2.48. The van der Waals surface area contributed by atoms with E-state index in [1.165, 1.54) is 17.5 Å². The van der Waals surface area contributed by atoms with Crippen LogP contribution < -0.4 is 9.47 Å². The molecule has 0 N–H and O–H groups in total. The maximum Gasteiger partial charge on any atom is 0.246 e. The summed E-state index contributed by atoms with van der Waals surface area (Å²) in [6.07, 6.45) is 6.33. The quantitative estimate of drug-likeness (QED) is 0.698. The third-order valence-corrected chi connectivity index (χ3v) is 7.24. The molecule has 1 aromatic rings. The molecular formula is C21H26O3. The van der Waals surface area contributed by atoms with Crippen LogP contribution in [0.25, 0.3) is 0 Å². The van der Waals surface area contributed by atoms with Crippen LogP contribution in [0.3, 0.4) is 0 Å². The summed E-state index contributed by atoms with van der Waals surface area (Å²) in [5.41, 5.74) is 2.79. The first kappa shape index (κ1) is 14.8. The fourth-order valence-corrected chi connectivity index (χ4v) is 6.11. The van der Waals surface area contributed by atoms with Crippen molar-refractivity contribution in [3.63, 3.8) is 0 Å². The van der Waals surface area contributed by atoms with Gasteiger partial charge in [0.05, 0.1) is 0 Å². The monoisotopic (exact) mass is 326 g/mol. The van der Waals surface area contributed by atoms with Crippen LogP contribution in [0.5, 0.6) is 11.5 Å². The van der Waals surface area contributed by atoms with Crippen LogP contribution in [-0.2, 0) is 11.2 Å². The first-order valence-corrected chi connectivity index (χ1v) is 9.46. The molecule has 2 saturated carbocycles. The van der Waals surface area contributed by atoms with E-state index < -0.39 is 5.79 Å². The van der Waals surface area contributed by atoms with E-state index in [0.29, 0.717) is 23.5 Å². The Hall–Kier alpha value is -1.51. The summed E-state index contributed by atoms with van der Waals surface area (Å²) in [5, 5.41) is 0. The molecule has 2 fully saturated rings. The van der Waals surface area contributed by atoms with E-state index in [1.54, 1.807) is 0 Å². The van der Waals surface area contributed by atoms with Crippen LogP contribution in [-0.4, -0.2) is 11.6 Å². The number of hydrogen-bond acceptors (Lipinski definition) is 3. The van der Waals surface area contributed by atoms with Crippen molar-refractivity contribution in [2.75, 3.05) is 0 Å². The van der Waals surface area contributed by atoms with Gasteiger partial charge in [-0.3, -0.25) is 4.79 Å². The Labute approximate surface area is 143 Å². The molecule has 3 nitrogen and oxygen atoms in total. The second kappa shape index (κ2) is 4.56. The van der Waals surface area contributed by atoms with Crippen molar-refractivity contribution >= 4 is 5.78 Å². The number of benzene rings is 1. The Balaban J connectivity index is 1.54. The second-order valence-corrected chi connectivity index (χ2v) is 8.90. The fourth-order valence-electron chi connectivity index (χ4n) is 6.11. The van der Waals surface area contributed by atoms with Gasteiger partial charge >= 0.3 is 0 Å². The molecule has 0 aromatic heterocycles. The van der Waals surface area contributed by atoms with Gasteiger partial charge in [-0.15, -0.1) is 0 Å². The SMILES string of the molecule is CC1(C)Oc2ccc3c(c2O1)CCC1C3CC[C@]2(C)C(=O)CCC12. The lowest BCUT2D eigenvalue weighted by atomic mass is 9.55. The zero-order valence-electron chi connectivity index (χ0n) is 14.9. The van der Waals surface area contributed by atoms with E-state index in [4.69, 9.17) is 9.47 Å². The number of Topliss-reactive ketones (excluding diaryl/α,β-unsaturated/α-hetero) is 1. The molecule has 5 rings (SSSR count). The van der Waals surface area contributed by atoms with Gasteiger partial charge in [0.25, 0.3) is 0 Å². The zero-order chi connectivity index (χ0) is 16.7. The Morgan fingerprint density at radius 3 is 2.71 bits per heavy atom. The van der Waals surface area contributed by atoms with E-state index in [-0.39, 0.29) is 5.41 Å². The molecule has 4 aliphatic rings. The molecular weight excluding hydrogens is 300 g/mol. The number of fused-ring (bicyclic) bond motifs is 7. The van der Waals surface area contributed by atoms with Crippen molar-refractivity contribution < 1.29 is 14.3 Å². The third kappa shape index (κ3) is 1.81. The maximum atomic E-state index is 12.4. The molecule has 0 saturated heterocycles. The highest BCUT2D eigenvalue weighted by Crippen LogP contribution is 2.61. The smallest absolute Gasteiger partial charge is 0.246 e. The summed E-state index contributed by atoms with van der Waals surface area (Å²) in [5.74, 6) is 3.67. The topological polar surface area (TPSA) is 35.5 Å². The number of rotatable bonds is 0. The predicted octanol–water partition coefficient (Wildman–Crippen LogP) is 4.62. The molecule has 0 radical (unpaired) electrons. The summed E-state index contributed by atoms with van der Waals surface area (Å²) in [7, 11) is 0. The lowest BCUT2D eigenvalue weighted by Crippen LogP contribution is -2.42. The van der Waals surface area contributed by atoms with Gasteiger partial charge in [-0.2, -0.15) is 0 Å². The Morgan fingerprint density at radius 1 is 1.04 bits per heavy atom. The van der Waals surface area contributed by atoms with Crippen molar-refractivity contribution in [1.29, 1.82) is 0 Å². The predicted molar refractivity (Wildman–Crippen MR) is 91.4 cm³/mol. The van der Waals surface area contributed by atoms with Crippen molar-refractivity contribution in [1.82, 2.24) is 0 Å². The van der Waals surface area contributed by atoms with Gasteiger partial charge in [0.2, 0.25) is 5.79 Å². The van der Waals surface area contributed by atoms with E-state index in [0.717, 1.165) is 43.6 Å². The summed E-state index contributed by atoms with van der Waals surface area (Å²) in [6, 6.07) is 4.37. The maximum absolute atomic E-state index is 12.4. The summed E-state index contributed by atoms with van der Waals surface area (Å²) in [4.78, 5) is 12.4. The summed E-state index contributed by atoms with van der Waals surface area (Å²) < 4.78 is 12.0. The van der Waals surface area contributed by atoms with Crippen LogP contribution in [0, 0.1) is 17.3 Å². The first-order chi connectivity index (χ1) is 11.4. The van der Waals surface area contributed by atoms with Crippen molar-refractivity contribution in [2.24, 2.45) is 17.3 Å². The van der Waals surface area contributed by atoms with Crippen molar-refractivity contribution in [2.45, 2.75) is 71.0 Å². The summed E-state index contributed by atoms with van der Waals surface area (Å²) in [6.45, 7) is 6.18. The van der Waals surface area contributed by atoms with E-state index >= 15 is 0 Å². The molecule has 3 aliphatic carbocycles. The van der Waals surface area contributed by atoms with Crippen LogP contribution in [0.4, 0.5) is 0 Å². The molecule has 4 atom stereocenters. The van der Waals surface area contributed by atoms with Gasteiger partial charge < -0.3 is 9.47 Å². The Morgan fingerprint density at radius 2 is 1.88 bits per heavy atom. The van der Waals surface area contributed by atoms with Crippen molar-refractivity contribution in [3.8, 4) is 11.5 Å². The van der Waals surface area contributed by atoms with Crippen LogP contribution in [0.15, 0.2) is 12.1 Å². The molecule has 3 unspecified atom stereocenters. The molecule has 24 heavy (non-hydrogen) atoms. The number of carbonyl (C=O) groups excluding carboxylic acids is 1. The first-order valence-electron chi connectivity index (χ1n) is 9.46. The molecule has 0 amide bonds. The molecule has 1 aromatic carbocycles. The Kier molecular flexibility index (Phi) is 2.81. The highest BCUT2D eigenvalue weighted by molar-refractivity contribution is 5.87. The summed E-state index contributed by atoms with van der Waals surface area (Å²) >= 11 is 0. The van der Waals surface area contributed by atoms with Crippen molar-refractivity contribution in [3.05, 3.63) is 23.3 Å². The van der Waals surface area contributed by atoms with E-state index in [2.05, 4.69) is 19.1 Å². The minimum absolute atomic E-state index is 0.0446.